The van der Waals surface area contributed by atoms with Gasteiger partial charge < -0.3 is 5.32 Å². The summed E-state index contributed by atoms with van der Waals surface area (Å²) in [5, 5.41) is 3.54. The van der Waals surface area contributed by atoms with Crippen molar-refractivity contribution in [1.29, 1.82) is 0 Å². The first-order chi connectivity index (χ1) is 9.40. The Kier molecular flexibility index (Phi) is 2.50. The van der Waals surface area contributed by atoms with Gasteiger partial charge in [0.25, 0.3) is 0 Å². The lowest BCUT2D eigenvalue weighted by atomic mass is 10.1. The number of rotatable bonds is 4. The third-order valence-corrected chi connectivity index (χ3v) is 3.97. The molecule has 2 aliphatic rings. The fourth-order valence-electron chi connectivity index (χ4n) is 2.61. The summed E-state index contributed by atoms with van der Waals surface area (Å²) in [6.45, 7) is 0. The van der Waals surface area contributed by atoms with E-state index in [1.165, 1.54) is 24.8 Å². The highest BCUT2D eigenvalue weighted by atomic mass is 15.1. The standard InChI is InChI=1S/C16H17N3/c1-2-4-11(5-3-1)13-10-14(13)18-15-8-9-17-16(19-15)12-6-7-12/h1-5,8-9,12-14H,6-7,10H2,(H,17,18,19). The van der Waals surface area contributed by atoms with Crippen molar-refractivity contribution in [1.82, 2.24) is 9.97 Å². The summed E-state index contributed by atoms with van der Waals surface area (Å²) in [6, 6.07) is 13.2. The van der Waals surface area contributed by atoms with Crippen LogP contribution in [0.1, 0.15) is 42.5 Å². The van der Waals surface area contributed by atoms with Gasteiger partial charge in [0, 0.05) is 24.1 Å². The molecule has 1 N–H and O–H groups in total. The Balaban J connectivity index is 1.44. The Morgan fingerprint density at radius 3 is 2.68 bits per heavy atom. The monoisotopic (exact) mass is 251 g/mol. The third kappa shape index (κ3) is 2.33. The zero-order chi connectivity index (χ0) is 12.7. The van der Waals surface area contributed by atoms with Gasteiger partial charge in [0.1, 0.15) is 11.6 Å². The van der Waals surface area contributed by atoms with Gasteiger partial charge in [0.15, 0.2) is 0 Å². The van der Waals surface area contributed by atoms with Gasteiger partial charge in [-0.25, -0.2) is 9.97 Å². The molecule has 96 valence electrons. The van der Waals surface area contributed by atoms with Gasteiger partial charge >= 0.3 is 0 Å². The van der Waals surface area contributed by atoms with E-state index in [2.05, 4.69) is 45.6 Å². The summed E-state index contributed by atoms with van der Waals surface area (Å²) in [5.41, 5.74) is 1.43. The molecule has 1 heterocycles. The molecule has 0 saturated heterocycles. The molecule has 0 amide bonds. The molecule has 2 fully saturated rings. The molecular weight excluding hydrogens is 234 g/mol. The van der Waals surface area contributed by atoms with E-state index in [9.17, 15) is 0 Å². The molecule has 3 heteroatoms. The first-order valence-electron chi connectivity index (χ1n) is 7.04. The van der Waals surface area contributed by atoms with E-state index >= 15 is 0 Å². The van der Waals surface area contributed by atoms with Crippen LogP contribution in [0, 0.1) is 0 Å². The van der Waals surface area contributed by atoms with E-state index < -0.39 is 0 Å². The second kappa shape index (κ2) is 4.34. The molecule has 2 saturated carbocycles. The SMILES string of the molecule is c1ccc(C2CC2Nc2ccnc(C3CC3)n2)cc1. The van der Waals surface area contributed by atoms with Crippen LogP contribution in [0.2, 0.25) is 0 Å². The molecule has 1 aromatic carbocycles. The van der Waals surface area contributed by atoms with Crippen molar-refractivity contribution in [3.8, 4) is 0 Å². The van der Waals surface area contributed by atoms with Gasteiger partial charge in [0.2, 0.25) is 0 Å². The summed E-state index contributed by atoms with van der Waals surface area (Å²) in [4.78, 5) is 8.98. The summed E-state index contributed by atoms with van der Waals surface area (Å²) in [5.74, 6) is 3.26. The molecule has 19 heavy (non-hydrogen) atoms. The first kappa shape index (κ1) is 11.0. The minimum Gasteiger partial charge on any atom is -0.367 e. The largest absolute Gasteiger partial charge is 0.367 e. The molecule has 0 aliphatic heterocycles. The Labute approximate surface area is 113 Å². The second-order valence-corrected chi connectivity index (χ2v) is 5.58. The molecular formula is C16H17N3. The molecule has 2 aromatic rings. The van der Waals surface area contributed by atoms with E-state index in [0.717, 1.165) is 11.6 Å². The summed E-state index contributed by atoms with van der Waals surface area (Å²) >= 11 is 0. The van der Waals surface area contributed by atoms with Crippen molar-refractivity contribution < 1.29 is 0 Å². The second-order valence-electron chi connectivity index (χ2n) is 5.58. The van der Waals surface area contributed by atoms with E-state index in [1.54, 1.807) is 0 Å². The van der Waals surface area contributed by atoms with Crippen molar-refractivity contribution in [3.05, 3.63) is 54.0 Å². The summed E-state index contributed by atoms with van der Waals surface area (Å²) in [6.07, 6.45) is 5.58. The Morgan fingerprint density at radius 2 is 1.89 bits per heavy atom. The molecule has 2 aliphatic carbocycles. The van der Waals surface area contributed by atoms with Gasteiger partial charge in [-0.1, -0.05) is 30.3 Å². The summed E-state index contributed by atoms with van der Waals surface area (Å²) in [7, 11) is 0. The minimum atomic E-state index is 0.532. The maximum Gasteiger partial charge on any atom is 0.133 e. The molecule has 1 aromatic heterocycles. The highest BCUT2D eigenvalue weighted by Gasteiger charge is 2.38. The van der Waals surface area contributed by atoms with Crippen LogP contribution >= 0.6 is 0 Å². The fourth-order valence-corrected chi connectivity index (χ4v) is 2.61. The predicted octanol–water partition coefficient (Wildman–Crippen LogP) is 3.32. The maximum absolute atomic E-state index is 4.62. The average Bonchev–Trinajstić information content (AvgIpc) is 3.35. The normalized spacial score (nSPS) is 25.1. The minimum absolute atomic E-state index is 0.532. The topological polar surface area (TPSA) is 37.8 Å². The zero-order valence-corrected chi connectivity index (χ0v) is 10.8. The van der Waals surface area contributed by atoms with Crippen molar-refractivity contribution in [3.63, 3.8) is 0 Å². The number of aromatic nitrogens is 2. The Morgan fingerprint density at radius 1 is 1.05 bits per heavy atom. The maximum atomic E-state index is 4.62. The molecule has 3 nitrogen and oxygen atoms in total. The molecule has 4 rings (SSSR count). The Bertz CT molecular complexity index is 578. The quantitative estimate of drug-likeness (QED) is 0.905. The van der Waals surface area contributed by atoms with Crippen molar-refractivity contribution in [2.45, 2.75) is 37.1 Å². The van der Waals surface area contributed by atoms with E-state index in [0.29, 0.717) is 17.9 Å². The van der Waals surface area contributed by atoms with E-state index in [-0.39, 0.29) is 0 Å². The predicted molar refractivity (Wildman–Crippen MR) is 75.2 cm³/mol. The third-order valence-electron chi connectivity index (χ3n) is 3.97. The number of hydrogen-bond donors (Lipinski definition) is 1. The van der Waals surface area contributed by atoms with Crippen LogP contribution in [-0.2, 0) is 0 Å². The molecule has 0 bridgehead atoms. The highest BCUT2D eigenvalue weighted by molar-refractivity contribution is 5.41. The van der Waals surface area contributed by atoms with Crippen LogP contribution in [0.25, 0.3) is 0 Å². The smallest absolute Gasteiger partial charge is 0.133 e. The number of benzene rings is 1. The van der Waals surface area contributed by atoms with Crippen LogP contribution in [0.15, 0.2) is 42.6 Å². The van der Waals surface area contributed by atoms with Crippen LogP contribution in [0.4, 0.5) is 5.82 Å². The molecule has 0 radical (unpaired) electrons. The fraction of sp³-hybridized carbons (Fsp3) is 0.375. The average molecular weight is 251 g/mol. The molecule has 2 unspecified atom stereocenters. The van der Waals surface area contributed by atoms with Crippen molar-refractivity contribution >= 4 is 5.82 Å². The van der Waals surface area contributed by atoms with E-state index in [4.69, 9.17) is 0 Å². The summed E-state index contributed by atoms with van der Waals surface area (Å²) < 4.78 is 0. The molecule has 2 atom stereocenters. The van der Waals surface area contributed by atoms with Gasteiger partial charge in [-0.15, -0.1) is 0 Å². The lowest BCUT2D eigenvalue weighted by Gasteiger charge is -2.06. The van der Waals surface area contributed by atoms with Crippen LogP contribution in [0.3, 0.4) is 0 Å². The lowest BCUT2D eigenvalue weighted by molar-refractivity contribution is 0.916. The van der Waals surface area contributed by atoms with E-state index in [1.807, 2.05) is 12.3 Å². The zero-order valence-electron chi connectivity index (χ0n) is 10.8. The van der Waals surface area contributed by atoms with Crippen molar-refractivity contribution in [2.75, 3.05) is 5.32 Å². The molecule has 0 spiro atoms. The van der Waals surface area contributed by atoms with Gasteiger partial charge in [-0.05, 0) is 30.9 Å². The van der Waals surface area contributed by atoms with Crippen LogP contribution in [0.5, 0.6) is 0 Å². The van der Waals surface area contributed by atoms with Gasteiger partial charge in [-0.3, -0.25) is 0 Å². The Hall–Kier alpha value is -1.90. The lowest BCUT2D eigenvalue weighted by Crippen LogP contribution is -2.07. The number of hydrogen-bond acceptors (Lipinski definition) is 3. The van der Waals surface area contributed by atoms with Gasteiger partial charge in [-0.2, -0.15) is 0 Å². The van der Waals surface area contributed by atoms with Gasteiger partial charge in [0.05, 0.1) is 0 Å². The number of nitrogens with zero attached hydrogens (tertiary/aromatic N) is 2. The number of anilines is 1. The first-order valence-corrected chi connectivity index (χ1v) is 7.04. The number of nitrogens with one attached hydrogen (secondary N) is 1. The highest BCUT2D eigenvalue weighted by Crippen LogP contribution is 2.43. The van der Waals surface area contributed by atoms with Crippen LogP contribution < -0.4 is 5.32 Å². The van der Waals surface area contributed by atoms with Crippen LogP contribution in [-0.4, -0.2) is 16.0 Å². The van der Waals surface area contributed by atoms with Crippen molar-refractivity contribution in [2.24, 2.45) is 0 Å².